The molecule has 7 nitrogen and oxygen atoms in total. The zero-order valence-electron chi connectivity index (χ0n) is 14.8. The van der Waals surface area contributed by atoms with Gasteiger partial charge < -0.3 is 19.4 Å². The molecule has 0 unspecified atom stereocenters. The van der Waals surface area contributed by atoms with E-state index in [1.807, 2.05) is 31.2 Å². The van der Waals surface area contributed by atoms with Crippen LogP contribution in [0, 0.1) is 13.8 Å². The summed E-state index contributed by atoms with van der Waals surface area (Å²) in [6.45, 7) is 4.31. The van der Waals surface area contributed by atoms with Crippen molar-refractivity contribution in [3.8, 4) is 5.75 Å². The molecule has 0 spiro atoms. The predicted molar refractivity (Wildman–Crippen MR) is 98.6 cm³/mol. The van der Waals surface area contributed by atoms with Crippen molar-refractivity contribution in [3.05, 3.63) is 50.6 Å². The highest BCUT2D eigenvalue weighted by Gasteiger charge is 2.09. The molecule has 0 aliphatic heterocycles. The summed E-state index contributed by atoms with van der Waals surface area (Å²) < 4.78 is 11.9. The van der Waals surface area contributed by atoms with Gasteiger partial charge in [0.1, 0.15) is 12.4 Å². The summed E-state index contributed by atoms with van der Waals surface area (Å²) >= 11 is 1.09. The summed E-state index contributed by atoms with van der Waals surface area (Å²) in [5.74, 6) is -0.173. The Morgan fingerprint density at radius 1 is 1.27 bits per heavy atom. The van der Waals surface area contributed by atoms with Crippen LogP contribution in [0.3, 0.4) is 0 Å². The lowest BCUT2D eigenvalue weighted by Crippen LogP contribution is -2.32. The number of carbonyl (C=O) groups excluding carboxylic acids is 2. The van der Waals surface area contributed by atoms with Gasteiger partial charge in [0, 0.05) is 17.6 Å². The number of aromatic nitrogens is 1. The van der Waals surface area contributed by atoms with Gasteiger partial charge in [-0.15, -0.1) is 0 Å². The summed E-state index contributed by atoms with van der Waals surface area (Å²) in [5, 5.41) is 4.35. The highest BCUT2D eigenvalue weighted by Crippen LogP contribution is 2.11. The van der Waals surface area contributed by atoms with Crippen molar-refractivity contribution in [2.24, 2.45) is 0 Å². The minimum Gasteiger partial charge on any atom is -0.492 e. The Hall–Kier alpha value is -2.61. The van der Waals surface area contributed by atoms with Gasteiger partial charge in [-0.3, -0.25) is 14.4 Å². The highest BCUT2D eigenvalue weighted by atomic mass is 32.1. The Morgan fingerprint density at radius 2 is 2.08 bits per heavy atom. The van der Waals surface area contributed by atoms with Crippen molar-refractivity contribution in [1.82, 2.24) is 9.88 Å². The number of benzene rings is 1. The average Bonchev–Trinajstić information content (AvgIpc) is 2.93. The molecule has 1 aromatic heterocycles. The van der Waals surface area contributed by atoms with E-state index in [9.17, 15) is 14.4 Å². The van der Waals surface area contributed by atoms with E-state index in [1.54, 1.807) is 12.3 Å². The van der Waals surface area contributed by atoms with Crippen LogP contribution in [0.4, 0.5) is 0 Å². The van der Waals surface area contributed by atoms with E-state index >= 15 is 0 Å². The van der Waals surface area contributed by atoms with E-state index < -0.39 is 11.9 Å². The number of nitrogens with one attached hydrogen (secondary N) is 1. The molecule has 0 aliphatic carbocycles. The Labute approximate surface area is 155 Å². The van der Waals surface area contributed by atoms with Gasteiger partial charge in [-0.25, -0.2) is 0 Å². The topological polar surface area (TPSA) is 86.6 Å². The van der Waals surface area contributed by atoms with Crippen molar-refractivity contribution in [2.45, 2.75) is 26.8 Å². The van der Waals surface area contributed by atoms with E-state index in [2.05, 4.69) is 5.32 Å². The molecule has 0 fully saturated rings. The molecule has 0 bridgehead atoms. The maximum atomic E-state index is 11.7. The highest BCUT2D eigenvalue weighted by molar-refractivity contribution is 7.07. The van der Waals surface area contributed by atoms with E-state index in [0.29, 0.717) is 13.2 Å². The van der Waals surface area contributed by atoms with Gasteiger partial charge in [-0.1, -0.05) is 23.5 Å². The van der Waals surface area contributed by atoms with Crippen LogP contribution in [-0.4, -0.2) is 36.2 Å². The lowest BCUT2D eigenvalue weighted by atomic mass is 10.2. The Morgan fingerprint density at radius 3 is 2.77 bits per heavy atom. The molecule has 1 N–H and O–H groups in total. The minimum absolute atomic E-state index is 0.0429. The molecule has 1 heterocycles. The quantitative estimate of drug-likeness (QED) is 0.530. The summed E-state index contributed by atoms with van der Waals surface area (Å²) in [7, 11) is 0. The third-order valence-corrected chi connectivity index (χ3v) is 4.44. The largest absolute Gasteiger partial charge is 0.492 e. The first-order valence-corrected chi connectivity index (χ1v) is 9.10. The lowest BCUT2D eigenvalue weighted by molar-refractivity contribution is -0.148. The molecule has 0 saturated carbocycles. The molecule has 2 aromatic rings. The molecule has 0 aliphatic rings. The van der Waals surface area contributed by atoms with Crippen LogP contribution >= 0.6 is 11.3 Å². The van der Waals surface area contributed by atoms with Crippen LogP contribution in [0.5, 0.6) is 5.75 Å². The van der Waals surface area contributed by atoms with Crippen LogP contribution in [0.2, 0.25) is 0 Å². The van der Waals surface area contributed by atoms with Gasteiger partial charge in [-0.05, 0) is 31.5 Å². The smallest absolute Gasteiger partial charge is 0.308 e. The van der Waals surface area contributed by atoms with Gasteiger partial charge >= 0.3 is 10.8 Å². The van der Waals surface area contributed by atoms with Crippen molar-refractivity contribution in [2.75, 3.05) is 19.8 Å². The van der Waals surface area contributed by atoms with Crippen molar-refractivity contribution >= 4 is 23.2 Å². The molecule has 1 aromatic carbocycles. The summed E-state index contributed by atoms with van der Waals surface area (Å²) in [6, 6.07) is 7.62. The maximum Gasteiger partial charge on any atom is 0.308 e. The van der Waals surface area contributed by atoms with E-state index in [1.165, 1.54) is 4.57 Å². The van der Waals surface area contributed by atoms with E-state index in [4.69, 9.17) is 9.47 Å². The minimum atomic E-state index is -0.520. The zero-order valence-corrected chi connectivity index (χ0v) is 15.6. The number of thiazole rings is 1. The second-order valence-corrected chi connectivity index (χ2v) is 6.54. The molecule has 2 rings (SSSR count). The first kappa shape index (κ1) is 19.7. The normalized spacial score (nSPS) is 10.4. The van der Waals surface area contributed by atoms with Crippen LogP contribution in [-0.2, 0) is 20.9 Å². The zero-order chi connectivity index (χ0) is 18.9. The SMILES string of the molecule is Cc1cccc(OCCNC(=O)COC(=O)CCn2c(C)csc2=O)c1. The Balaban J connectivity index is 1.59. The van der Waals surface area contributed by atoms with Gasteiger partial charge in [-0.2, -0.15) is 0 Å². The van der Waals surface area contributed by atoms with Crippen molar-refractivity contribution < 1.29 is 19.1 Å². The second-order valence-electron chi connectivity index (χ2n) is 5.72. The first-order chi connectivity index (χ1) is 12.5. The van der Waals surface area contributed by atoms with Crippen LogP contribution in [0.25, 0.3) is 0 Å². The first-order valence-electron chi connectivity index (χ1n) is 8.22. The monoisotopic (exact) mass is 378 g/mol. The molecule has 26 heavy (non-hydrogen) atoms. The fourth-order valence-electron chi connectivity index (χ4n) is 2.21. The number of nitrogens with zero attached hydrogens (tertiary/aromatic N) is 1. The molecule has 0 atom stereocenters. The summed E-state index contributed by atoms with van der Waals surface area (Å²) in [5.41, 5.74) is 1.90. The number of esters is 1. The molecule has 0 saturated heterocycles. The van der Waals surface area contributed by atoms with Crippen LogP contribution in [0.1, 0.15) is 17.7 Å². The van der Waals surface area contributed by atoms with Crippen molar-refractivity contribution in [1.29, 1.82) is 0 Å². The molecule has 8 heteroatoms. The molecular weight excluding hydrogens is 356 g/mol. The molecular formula is C18H22N2O5S. The summed E-state index contributed by atoms with van der Waals surface area (Å²) in [4.78, 5) is 34.8. The molecule has 140 valence electrons. The van der Waals surface area contributed by atoms with E-state index in [-0.39, 0.29) is 24.4 Å². The van der Waals surface area contributed by atoms with Gasteiger partial charge in [0.05, 0.1) is 13.0 Å². The van der Waals surface area contributed by atoms with Crippen LogP contribution < -0.4 is 14.9 Å². The standard InChI is InChI=1S/C18H22N2O5S/c1-13-4-3-5-15(10-13)24-9-7-19-16(21)11-25-17(22)6-8-20-14(2)12-26-18(20)23/h3-5,10,12H,6-9,11H2,1-2H3,(H,19,21). The number of amides is 1. The van der Waals surface area contributed by atoms with Gasteiger partial charge in [0.25, 0.3) is 5.91 Å². The number of hydrogen-bond acceptors (Lipinski definition) is 6. The number of hydrogen-bond donors (Lipinski definition) is 1. The fourth-order valence-corrected chi connectivity index (χ4v) is 2.97. The number of rotatable bonds is 9. The summed E-state index contributed by atoms with van der Waals surface area (Å²) in [6.07, 6.45) is 0.0429. The van der Waals surface area contributed by atoms with Crippen molar-refractivity contribution in [3.63, 3.8) is 0 Å². The number of ether oxygens (including phenoxy) is 2. The van der Waals surface area contributed by atoms with E-state index in [0.717, 1.165) is 28.3 Å². The number of carbonyl (C=O) groups is 2. The predicted octanol–water partition coefficient (Wildman–Crippen LogP) is 1.66. The Kier molecular flexibility index (Phi) is 7.40. The number of aryl methyl sites for hydroxylation is 2. The average molecular weight is 378 g/mol. The Bertz CT molecular complexity index is 812. The lowest BCUT2D eigenvalue weighted by Gasteiger charge is -2.09. The second kappa shape index (κ2) is 9.76. The maximum absolute atomic E-state index is 11.7. The van der Waals surface area contributed by atoms with Gasteiger partial charge in [0.2, 0.25) is 0 Å². The molecule has 0 radical (unpaired) electrons. The van der Waals surface area contributed by atoms with Gasteiger partial charge in [0.15, 0.2) is 6.61 Å². The molecule has 1 amide bonds. The third kappa shape index (κ3) is 6.36. The van der Waals surface area contributed by atoms with Crippen LogP contribution in [0.15, 0.2) is 34.4 Å². The fraction of sp³-hybridized carbons (Fsp3) is 0.389. The third-order valence-electron chi connectivity index (χ3n) is 3.56.